The topological polar surface area (TPSA) is 0 Å². The lowest BCUT2D eigenvalue weighted by Crippen LogP contribution is -2.05. The van der Waals surface area contributed by atoms with Gasteiger partial charge in [-0.1, -0.05) is 143 Å². The minimum Gasteiger partial charge on any atom is -0.269 e. The van der Waals surface area contributed by atoms with E-state index in [9.17, 15) is 79.0 Å². The summed E-state index contributed by atoms with van der Waals surface area (Å²) in [5.74, 6) is -29.2. The van der Waals surface area contributed by atoms with Crippen LogP contribution in [0.1, 0.15) is 66.8 Å². The Bertz CT molecular complexity index is 3920. The quantitative estimate of drug-likeness (QED) is 0.105. The molecule has 0 aliphatic rings. The molecule has 12 aromatic carbocycles. The first-order valence-electron chi connectivity index (χ1n) is 27.3. The molecule has 0 N–H and O–H groups in total. The lowest BCUT2D eigenvalue weighted by molar-refractivity contribution is 0.472. The Hall–Kier alpha value is -9.90. The average molecular weight is 1500 g/mol. The number of halogens is 30. The zero-order valence-electron chi connectivity index (χ0n) is 55.1. The summed E-state index contributed by atoms with van der Waals surface area (Å²) < 4.78 is 242. The SMILES string of the molecule is Cc1c(F)c(F)c2c(F)c(C)c(F)c(F)c2c1F.Cc1c(F)c(F)c2c(F)c(C)c(F)c(F)c2c1F.Cc1c(F)c(F)c2c(F)c(C)c(F)c(F)c2c1F.Cc1ccc2cc(C)ccc2c1.Cc1ccc2cc(C)ccc2c1.Cc1ccc2cc(C)ccc2c1.F.F.F.F.F.F.F.F.F.F.F.F. The van der Waals surface area contributed by atoms with Gasteiger partial charge in [-0.3, -0.25) is 56.5 Å². The molecule has 564 valence electrons. The Morgan fingerprint density at radius 3 is 0.333 bits per heavy atom. The number of hydrogen-bond donors (Lipinski definition) is 0. The third-order valence-corrected chi connectivity index (χ3v) is 14.9. The monoisotopic (exact) mass is 1500 g/mol. The molecule has 0 nitrogen and oxygen atoms in total. The maximum Gasteiger partial charge on any atom is 0.170 e. The Morgan fingerprint density at radius 2 is 0.235 bits per heavy atom. The smallest absolute Gasteiger partial charge is 0.170 e. The maximum absolute atomic E-state index is 13.6. The van der Waals surface area contributed by atoms with Gasteiger partial charge in [0.15, 0.2) is 69.8 Å². The van der Waals surface area contributed by atoms with E-state index in [0.717, 1.165) is 41.5 Å². The van der Waals surface area contributed by atoms with Crippen molar-refractivity contribution in [3.05, 3.63) is 281 Å². The van der Waals surface area contributed by atoms with Crippen molar-refractivity contribution in [2.24, 2.45) is 0 Å². The first-order chi connectivity index (χ1) is 42.1. The summed E-state index contributed by atoms with van der Waals surface area (Å²) in [6.45, 7) is 17.8. The van der Waals surface area contributed by atoms with E-state index in [1.807, 2.05) is 0 Å². The molecule has 30 heteroatoms. The predicted molar refractivity (Wildman–Crippen MR) is 350 cm³/mol. The average Bonchev–Trinajstić information content (AvgIpc) is 0.757. The van der Waals surface area contributed by atoms with E-state index in [1.54, 1.807) is 0 Å². The van der Waals surface area contributed by atoms with Crippen molar-refractivity contribution in [1.29, 1.82) is 0 Å². The fraction of sp³-hybridized carbons (Fsp3) is 0.167. The second-order valence-corrected chi connectivity index (χ2v) is 21.7. The van der Waals surface area contributed by atoms with Gasteiger partial charge in [-0.15, -0.1) is 0 Å². The molecule has 0 radical (unpaired) electrons. The molecule has 0 saturated carbocycles. The van der Waals surface area contributed by atoms with Crippen LogP contribution in [0.3, 0.4) is 0 Å². The Balaban J connectivity index is -0.000000267. The second-order valence-electron chi connectivity index (χ2n) is 21.7. The molecule has 0 saturated heterocycles. The molecule has 0 amide bonds. The van der Waals surface area contributed by atoms with Gasteiger partial charge in [0.1, 0.15) is 34.9 Å². The minimum absolute atomic E-state index is 0. The van der Waals surface area contributed by atoms with Crippen LogP contribution in [0.5, 0.6) is 0 Å². The van der Waals surface area contributed by atoms with Crippen molar-refractivity contribution < 1.29 is 135 Å². The van der Waals surface area contributed by atoms with Crippen LogP contribution in [-0.2, 0) is 0 Å². The summed E-state index contributed by atoms with van der Waals surface area (Å²) in [4.78, 5) is 0. The molecule has 0 heterocycles. The number of aryl methyl sites for hydroxylation is 6. The summed E-state index contributed by atoms with van der Waals surface area (Å²) in [7, 11) is 0. The van der Waals surface area contributed by atoms with Gasteiger partial charge < -0.3 is 0 Å². The standard InChI is InChI=1S/3C12H6F6.3C12H12.12FH/c3*1-3-7(13)5-6(11(17)9(3)15)8(14)4(2)10(16)12(5)18;3*1-9-3-5-12-8-10(2)4-6-11(12)7-9;;;;;;;;;;;;/h3*1-2H3;3*3-8H,1-2H3;12*1H. The lowest BCUT2D eigenvalue weighted by atomic mass is 10.0. The van der Waals surface area contributed by atoms with Crippen LogP contribution in [0.2, 0.25) is 0 Å². The highest BCUT2D eigenvalue weighted by molar-refractivity contribution is 5.90. The molecule has 0 unspecified atom stereocenters. The first-order valence-corrected chi connectivity index (χ1v) is 27.3. The van der Waals surface area contributed by atoms with Crippen LogP contribution < -0.4 is 0 Å². The molecule has 0 atom stereocenters. The fourth-order valence-electron chi connectivity index (χ4n) is 9.70. The van der Waals surface area contributed by atoms with Crippen molar-refractivity contribution >= 4 is 64.6 Å². The van der Waals surface area contributed by atoms with Gasteiger partial charge in [0.25, 0.3) is 0 Å². The van der Waals surface area contributed by atoms with E-state index in [0.29, 0.717) is 0 Å². The van der Waals surface area contributed by atoms with Gasteiger partial charge >= 0.3 is 0 Å². The molecular formula is C72H66F30. The highest BCUT2D eigenvalue weighted by Gasteiger charge is 2.30. The molecule has 0 spiro atoms. The van der Waals surface area contributed by atoms with Crippen LogP contribution in [0.25, 0.3) is 64.6 Å². The molecule has 0 fully saturated rings. The van der Waals surface area contributed by atoms with Crippen molar-refractivity contribution in [2.45, 2.75) is 83.1 Å². The molecule has 0 aromatic heterocycles. The van der Waals surface area contributed by atoms with Crippen molar-refractivity contribution in [3.63, 3.8) is 0 Å². The van der Waals surface area contributed by atoms with E-state index < -0.39 is 170 Å². The Labute approximate surface area is 562 Å². The van der Waals surface area contributed by atoms with Gasteiger partial charge in [0.05, 0.1) is 32.3 Å². The fourth-order valence-corrected chi connectivity index (χ4v) is 9.70. The number of benzene rings is 12. The van der Waals surface area contributed by atoms with Gasteiger partial charge in [-0.25, -0.2) is 79.0 Å². The summed E-state index contributed by atoms with van der Waals surface area (Å²) in [6, 6.07) is 39.3. The molecular weight excluding hydrogens is 1430 g/mol. The molecule has 12 rings (SSSR count). The van der Waals surface area contributed by atoms with Crippen LogP contribution >= 0.6 is 0 Å². The molecule has 0 aliphatic carbocycles. The van der Waals surface area contributed by atoms with E-state index in [2.05, 4.69) is 151 Å². The minimum atomic E-state index is -1.73. The van der Waals surface area contributed by atoms with Gasteiger partial charge in [-0.05, 0) is 115 Å². The highest BCUT2D eigenvalue weighted by atomic mass is 19.2. The van der Waals surface area contributed by atoms with E-state index in [4.69, 9.17) is 0 Å². The van der Waals surface area contributed by atoms with E-state index in [1.165, 1.54) is 65.7 Å². The molecule has 0 bridgehead atoms. The maximum atomic E-state index is 13.6. The van der Waals surface area contributed by atoms with Crippen LogP contribution in [0.4, 0.5) is 135 Å². The first kappa shape index (κ1) is 103. The molecule has 0 aliphatic heterocycles. The summed E-state index contributed by atoms with van der Waals surface area (Å²) in [5.41, 5.74) is 2.96. The molecule has 102 heavy (non-hydrogen) atoms. The highest BCUT2D eigenvalue weighted by Crippen LogP contribution is 2.38. The summed E-state index contributed by atoms with van der Waals surface area (Å²) >= 11 is 0. The van der Waals surface area contributed by atoms with Gasteiger partial charge in [0.2, 0.25) is 0 Å². The van der Waals surface area contributed by atoms with E-state index in [-0.39, 0.29) is 56.5 Å². The Morgan fingerprint density at radius 1 is 0.137 bits per heavy atom. The normalized spacial score (nSPS) is 9.71. The largest absolute Gasteiger partial charge is 0.269 e. The Kier molecular flexibility index (Phi) is 41.6. The van der Waals surface area contributed by atoms with Gasteiger partial charge in [0, 0.05) is 33.4 Å². The third-order valence-electron chi connectivity index (χ3n) is 14.9. The summed E-state index contributed by atoms with van der Waals surface area (Å²) in [5, 5.41) is 0.709. The van der Waals surface area contributed by atoms with Crippen molar-refractivity contribution in [3.8, 4) is 0 Å². The molecule has 12 aromatic rings. The van der Waals surface area contributed by atoms with Crippen molar-refractivity contribution in [1.82, 2.24) is 0 Å². The number of hydrogen-bond acceptors (Lipinski definition) is 0. The van der Waals surface area contributed by atoms with Crippen molar-refractivity contribution in [2.75, 3.05) is 0 Å². The lowest BCUT2D eigenvalue weighted by Gasteiger charge is -2.11. The van der Waals surface area contributed by atoms with Crippen LogP contribution in [0, 0.1) is 188 Å². The number of fused-ring (bicyclic) bond motifs is 6. The second kappa shape index (κ2) is 41.1. The van der Waals surface area contributed by atoms with Crippen LogP contribution in [-0.4, -0.2) is 0 Å². The van der Waals surface area contributed by atoms with Gasteiger partial charge in [-0.2, -0.15) is 0 Å². The zero-order valence-corrected chi connectivity index (χ0v) is 55.1. The number of rotatable bonds is 0. The summed E-state index contributed by atoms with van der Waals surface area (Å²) in [6.07, 6.45) is 0. The van der Waals surface area contributed by atoms with E-state index >= 15 is 0 Å². The zero-order chi connectivity index (χ0) is 67.0. The third kappa shape index (κ3) is 20.2. The van der Waals surface area contributed by atoms with Crippen LogP contribution in [0.15, 0.2) is 109 Å². The predicted octanol–water partition coefficient (Wildman–Crippen LogP) is 25.1.